The molecule has 0 aliphatic carbocycles. The summed E-state index contributed by atoms with van der Waals surface area (Å²) >= 11 is 5.94. The topological polar surface area (TPSA) is 35.5 Å². The zero-order valence-electron chi connectivity index (χ0n) is 10.3. The molecule has 1 aromatic rings. The number of ether oxygens (including phenoxy) is 2. The van der Waals surface area contributed by atoms with Gasteiger partial charge in [-0.05, 0) is 31.0 Å². The van der Waals surface area contributed by atoms with Crippen molar-refractivity contribution >= 4 is 17.6 Å². The molecule has 0 amide bonds. The Morgan fingerprint density at radius 2 is 2.12 bits per heavy atom. The van der Waals surface area contributed by atoms with Crippen LogP contribution in [0.4, 0.5) is 0 Å². The predicted octanol–water partition coefficient (Wildman–Crippen LogP) is 3.41. The third-order valence-corrected chi connectivity index (χ3v) is 2.87. The van der Waals surface area contributed by atoms with Crippen LogP contribution < -0.4 is 4.74 Å². The van der Waals surface area contributed by atoms with Gasteiger partial charge in [0.05, 0.1) is 24.7 Å². The molecule has 3 nitrogen and oxygen atoms in total. The summed E-state index contributed by atoms with van der Waals surface area (Å²) in [6.45, 7) is 4.13. The fraction of sp³-hybridized carbons (Fsp3) is 0.462. The van der Waals surface area contributed by atoms with E-state index in [0.29, 0.717) is 23.8 Å². The Bertz CT molecular complexity index is 390. The largest absolute Gasteiger partial charge is 0.495 e. The van der Waals surface area contributed by atoms with Crippen LogP contribution in [0.3, 0.4) is 0 Å². The minimum atomic E-state index is -0.263. The Hall–Kier alpha value is -1.22. The molecule has 0 aromatic heterocycles. The summed E-state index contributed by atoms with van der Waals surface area (Å²) in [6, 6.07) is 5.35. The molecule has 94 valence electrons. The van der Waals surface area contributed by atoms with Crippen molar-refractivity contribution in [3.8, 4) is 5.75 Å². The molecule has 4 heteroatoms. The van der Waals surface area contributed by atoms with Crippen LogP contribution >= 0.6 is 11.6 Å². The van der Waals surface area contributed by atoms with Crippen LogP contribution in [0.1, 0.15) is 31.7 Å². The summed E-state index contributed by atoms with van der Waals surface area (Å²) in [7, 11) is 1.55. The van der Waals surface area contributed by atoms with Crippen LogP contribution in [-0.4, -0.2) is 19.7 Å². The van der Waals surface area contributed by atoms with E-state index in [1.165, 1.54) is 0 Å². The first-order valence-corrected chi connectivity index (χ1v) is 6.01. The molecule has 1 rings (SSSR count). The molecule has 0 radical (unpaired) electrons. The minimum absolute atomic E-state index is 0.209. The molecule has 0 saturated heterocycles. The van der Waals surface area contributed by atoms with Crippen LogP contribution in [0, 0.1) is 0 Å². The Kier molecular flexibility index (Phi) is 5.29. The number of rotatable bonds is 5. The highest BCUT2D eigenvalue weighted by molar-refractivity contribution is 6.32. The molecular weight excluding hydrogens is 240 g/mol. The highest BCUT2D eigenvalue weighted by atomic mass is 35.5. The van der Waals surface area contributed by atoms with Crippen LogP contribution in [-0.2, 0) is 9.53 Å². The summed E-state index contributed by atoms with van der Waals surface area (Å²) in [6.07, 6.45) is 0.684. The van der Waals surface area contributed by atoms with E-state index >= 15 is 0 Å². The fourth-order valence-electron chi connectivity index (χ4n) is 1.67. The minimum Gasteiger partial charge on any atom is -0.495 e. The maximum Gasteiger partial charge on any atom is 0.313 e. The zero-order chi connectivity index (χ0) is 12.8. The summed E-state index contributed by atoms with van der Waals surface area (Å²) in [4.78, 5) is 11.8. The average Bonchev–Trinajstić information content (AvgIpc) is 2.32. The number of halogens is 1. The SMILES string of the molecule is CCOC(=O)C(CC)c1ccc(Cl)c(OC)c1. The molecule has 1 atom stereocenters. The lowest BCUT2D eigenvalue weighted by Crippen LogP contribution is -2.15. The van der Waals surface area contributed by atoms with Gasteiger partial charge in [0.15, 0.2) is 0 Å². The molecule has 0 spiro atoms. The van der Waals surface area contributed by atoms with E-state index in [1.807, 2.05) is 13.0 Å². The molecule has 0 saturated carbocycles. The molecule has 0 N–H and O–H groups in total. The maximum atomic E-state index is 11.8. The zero-order valence-corrected chi connectivity index (χ0v) is 11.1. The first kappa shape index (κ1) is 13.8. The van der Waals surface area contributed by atoms with Crippen LogP contribution in [0.2, 0.25) is 5.02 Å². The second kappa shape index (κ2) is 6.50. The van der Waals surface area contributed by atoms with E-state index in [0.717, 1.165) is 5.56 Å². The van der Waals surface area contributed by atoms with E-state index in [1.54, 1.807) is 26.2 Å². The maximum absolute atomic E-state index is 11.8. The van der Waals surface area contributed by atoms with Gasteiger partial charge in [-0.1, -0.05) is 24.6 Å². The first-order valence-electron chi connectivity index (χ1n) is 5.64. The van der Waals surface area contributed by atoms with Gasteiger partial charge in [0, 0.05) is 0 Å². The second-order valence-electron chi connectivity index (χ2n) is 3.61. The lowest BCUT2D eigenvalue weighted by atomic mass is 9.96. The molecule has 0 fully saturated rings. The van der Waals surface area contributed by atoms with Gasteiger partial charge in [-0.2, -0.15) is 0 Å². The van der Waals surface area contributed by atoms with Crippen molar-refractivity contribution in [1.82, 2.24) is 0 Å². The van der Waals surface area contributed by atoms with Gasteiger partial charge >= 0.3 is 5.97 Å². The number of esters is 1. The van der Waals surface area contributed by atoms with E-state index in [4.69, 9.17) is 21.1 Å². The van der Waals surface area contributed by atoms with Gasteiger partial charge in [-0.3, -0.25) is 4.79 Å². The van der Waals surface area contributed by atoms with E-state index in [9.17, 15) is 4.79 Å². The number of carbonyl (C=O) groups is 1. The van der Waals surface area contributed by atoms with Crippen LogP contribution in [0.15, 0.2) is 18.2 Å². The standard InChI is InChI=1S/C13H17ClO3/c1-4-10(13(15)17-5-2)9-6-7-11(14)12(8-9)16-3/h6-8,10H,4-5H2,1-3H3. The highest BCUT2D eigenvalue weighted by Crippen LogP contribution is 2.30. The number of carbonyl (C=O) groups excluding carboxylic acids is 1. The number of hydrogen-bond donors (Lipinski definition) is 0. The van der Waals surface area contributed by atoms with Gasteiger partial charge in [0.2, 0.25) is 0 Å². The van der Waals surface area contributed by atoms with E-state index in [2.05, 4.69) is 0 Å². The summed E-state index contributed by atoms with van der Waals surface area (Å²) in [5.41, 5.74) is 0.868. The van der Waals surface area contributed by atoms with Crippen molar-refractivity contribution in [2.75, 3.05) is 13.7 Å². The third kappa shape index (κ3) is 3.37. The Balaban J connectivity index is 2.99. The lowest BCUT2D eigenvalue weighted by molar-refractivity contribution is -0.145. The first-order chi connectivity index (χ1) is 8.13. The van der Waals surface area contributed by atoms with Gasteiger partial charge in [-0.25, -0.2) is 0 Å². The average molecular weight is 257 g/mol. The Morgan fingerprint density at radius 1 is 1.41 bits per heavy atom. The summed E-state index contributed by atoms with van der Waals surface area (Å²) < 4.78 is 10.2. The van der Waals surface area contributed by atoms with E-state index in [-0.39, 0.29) is 11.9 Å². The predicted molar refractivity (Wildman–Crippen MR) is 67.7 cm³/mol. The Labute approximate surface area is 107 Å². The molecule has 0 aliphatic heterocycles. The molecule has 1 aromatic carbocycles. The van der Waals surface area contributed by atoms with Crippen LogP contribution in [0.5, 0.6) is 5.75 Å². The van der Waals surface area contributed by atoms with Crippen molar-refractivity contribution in [3.63, 3.8) is 0 Å². The smallest absolute Gasteiger partial charge is 0.313 e. The summed E-state index contributed by atoms with van der Waals surface area (Å²) in [5.74, 6) is 0.104. The fourth-order valence-corrected chi connectivity index (χ4v) is 1.87. The third-order valence-electron chi connectivity index (χ3n) is 2.56. The quantitative estimate of drug-likeness (QED) is 0.758. The van der Waals surface area contributed by atoms with Gasteiger partial charge < -0.3 is 9.47 Å². The molecule has 0 aliphatic rings. The van der Waals surface area contributed by atoms with Crippen molar-refractivity contribution < 1.29 is 14.3 Å². The van der Waals surface area contributed by atoms with Crippen molar-refractivity contribution in [2.24, 2.45) is 0 Å². The van der Waals surface area contributed by atoms with Crippen LogP contribution in [0.25, 0.3) is 0 Å². The number of methoxy groups -OCH3 is 1. The molecular formula is C13H17ClO3. The lowest BCUT2D eigenvalue weighted by Gasteiger charge is -2.15. The molecule has 17 heavy (non-hydrogen) atoms. The monoisotopic (exact) mass is 256 g/mol. The normalized spacial score (nSPS) is 12.0. The number of benzene rings is 1. The van der Waals surface area contributed by atoms with Crippen molar-refractivity contribution in [2.45, 2.75) is 26.2 Å². The van der Waals surface area contributed by atoms with Gasteiger partial charge in [-0.15, -0.1) is 0 Å². The summed E-state index contributed by atoms with van der Waals surface area (Å²) in [5, 5.41) is 0.537. The van der Waals surface area contributed by atoms with Gasteiger partial charge in [0.1, 0.15) is 5.75 Å². The molecule has 1 unspecified atom stereocenters. The molecule has 0 heterocycles. The van der Waals surface area contributed by atoms with E-state index < -0.39 is 0 Å². The molecule has 0 bridgehead atoms. The highest BCUT2D eigenvalue weighted by Gasteiger charge is 2.20. The number of hydrogen-bond acceptors (Lipinski definition) is 3. The second-order valence-corrected chi connectivity index (χ2v) is 4.01. The van der Waals surface area contributed by atoms with Crippen molar-refractivity contribution in [3.05, 3.63) is 28.8 Å². The van der Waals surface area contributed by atoms with Gasteiger partial charge in [0.25, 0.3) is 0 Å². The Morgan fingerprint density at radius 3 is 2.65 bits per heavy atom. The van der Waals surface area contributed by atoms with Crippen molar-refractivity contribution in [1.29, 1.82) is 0 Å².